The smallest absolute Gasteiger partial charge is 0.226 e. The third kappa shape index (κ3) is 2.80. The van der Waals surface area contributed by atoms with E-state index in [1.54, 1.807) is 0 Å². The minimum atomic E-state index is 0.393. The molecule has 1 aliphatic rings. The molecule has 0 amide bonds. The van der Waals surface area contributed by atoms with Crippen molar-refractivity contribution in [3.05, 3.63) is 17.5 Å². The van der Waals surface area contributed by atoms with Crippen LogP contribution < -0.4 is 10.6 Å². The van der Waals surface area contributed by atoms with Gasteiger partial charge in [0.25, 0.3) is 0 Å². The topological polar surface area (TPSA) is 55.0 Å². The van der Waals surface area contributed by atoms with Crippen molar-refractivity contribution >= 4 is 5.95 Å². The molecule has 0 aromatic carbocycles. The molecule has 0 aliphatic carbocycles. The summed E-state index contributed by atoms with van der Waals surface area (Å²) in [6, 6.07) is 2.41. The van der Waals surface area contributed by atoms with E-state index in [0.717, 1.165) is 29.8 Å². The minimum absolute atomic E-state index is 0.393. The molecule has 0 bridgehead atoms. The van der Waals surface area contributed by atoms with Crippen molar-refractivity contribution < 1.29 is 0 Å². The van der Waals surface area contributed by atoms with E-state index in [0.29, 0.717) is 12.6 Å². The van der Waals surface area contributed by atoms with E-state index >= 15 is 0 Å². The van der Waals surface area contributed by atoms with Crippen LogP contribution in [0.5, 0.6) is 0 Å². The number of hydrogen-bond donors (Lipinski definition) is 1. The molecule has 0 spiro atoms. The van der Waals surface area contributed by atoms with E-state index in [-0.39, 0.29) is 0 Å². The van der Waals surface area contributed by atoms with Gasteiger partial charge in [0.05, 0.1) is 0 Å². The summed E-state index contributed by atoms with van der Waals surface area (Å²) in [5, 5.41) is 0. The van der Waals surface area contributed by atoms with E-state index in [1.165, 1.54) is 19.3 Å². The van der Waals surface area contributed by atoms with Crippen LogP contribution in [0.4, 0.5) is 5.95 Å². The summed E-state index contributed by atoms with van der Waals surface area (Å²) in [6.07, 6.45) is 3.64. The summed E-state index contributed by atoms with van der Waals surface area (Å²) in [5.41, 5.74) is 7.99. The summed E-state index contributed by atoms with van der Waals surface area (Å²) in [7, 11) is 0. The summed E-state index contributed by atoms with van der Waals surface area (Å²) in [4.78, 5) is 11.4. The average Bonchev–Trinajstić information content (AvgIpc) is 2.36. The zero-order chi connectivity index (χ0) is 13.1. The molecule has 1 aromatic heterocycles. The average molecular weight is 248 g/mol. The predicted octanol–water partition coefficient (Wildman–Crippen LogP) is 2.05. The van der Waals surface area contributed by atoms with Gasteiger partial charge in [-0.3, -0.25) is 0 Å². The van der Waals surface area contributed by atoms with Gasteiger partial charge in [-0.2, -0.15) is 0 Å². The van der Waals surface area contributed by atoms with Gasteiger partial charge in [0, 0.05) is 30.5 Å². The Kier molecular flexibility index (Phi) is 4.17. The fourth-order valence-corrected chi connectivity index (χ4v) is 2.83. The van der Waals surface area contributed by atoms with Gasteiger partial charge < -0.3 is 10.6 Å². The molecule has 18 heavy (non-hydrogen) atoms. The third-order valence-corrected chi connectivity index (χ3v) is 3.90. The van der Waals surface area contributed by atoms with Crippen LogP contribution in [0, 0.1) is 19.8 Å². The molecule has 0 radical (unpaired) electrons. The Morgan fingerprint density at radius 2 is 2.00 bits per heavy atom. The molecule has 100 valence electrons. The normalized spacial score (nSPS) is 24.3. The van der Waals surface area contributed by atoms with Crippen LogP contribution in [-0.4, -0.2) is 29.1 Å². The van der Waals surface area contributed by atoms with Crippen LogP contribution in [0.2, 0.25) is 0 Å². The largest absolute Gasteiger partial charge is 0.337 e. The second kappa shape index (κ2) is 5.65. The highest BCUT2D eigenvalue weighted by Gasteiger charge is 2.28. The molecule has 2 atom stereocenters. The quantitative estimate of drug-likeness (QED) is 0.889. The second-order valence-corrected chi connectivity index (χ2v) is 5.33. The Morgan fingerprint density at radius 1 is 1.33 bits per heavy atom. The molecule has 4 heteroatoms. The second-order valence-electron chi connectivity index (χ2n) is 5.33. The van der Waals surface area contributed by atoms with Gasteiger partial charge in [0.1, 0.15) is 0 Å². The third-order valence-electron chi connectivity index (χ3n) is 3.90. The highest BCUT2D eigenvalue weighted by molar-refractivity contribution is 5.34. The fourth-order valence-electron chi connectivity index (χ4n) is 2.83. The van der Waals surface area contributed by atoms with Crippen molar-refractivity contribution in [3.63, 3.8) is 0 Å². The van der Waals surface area contributed by atoms with Crippen molar-refractivity contribution in [1.29, 1.82) is 0 Å². The molecule has 1 fully saturated rings. The lowest BCUT2D eigenvalue weighted by Gasteiger charge is -2.39. The molecule has 2 N–H and O–H groups in total. The maximum atomic E-state index is 5.93. The Hall–Kier alpha value is -1.16. The fraction of sp³-hybridized carbons (Fsp3) is 0.714. The first-order valence-electron chi connectivity index (χ1n) is 6.93. The first kappa shape index (κ1) is 13.3. The van der Waals surface area contributed by atoms with Crippen LogP contribution >= 0.6 is 0 Å². The molecule has 1 saturated heterocycles. The maximum absolute atomic E-state index is 5.93. The number of aryl methyl sites for hydroxylation is 2. The van der Waals surface area contributed by atoms with Crippen LogP contribution in [0.3, 0.4) is 0 Å². The molecule has 2 unspecified atom stereocenters. The molecule has 2 heterocycles. The van der Waals surface area contributed by atoms with Crippen LogP contribution in [-0.2, 0) is 0 Å². The lowest BCUT2D eigenvalue weighted by Crippen LogP contribution is -2.47. The van der Waals surface area contributed by atoms with Gasteiger partial charge >= 0.3 is 0 Å². The van der Waals surface area contributed by atoms with Gasteiger partial charge in [-0.25, -0.2) is 9.97 Å². The van der Waals surface area contributed by atoms with Crippen molar-refractivity contribution in [1.82, 2.24) is 9.97 Å². The number of rotatable bonds is 3. The molecule has 1 aromatic rings. The van der Waals surface area contributed by atoms with E-state index in [4.69, 9.17) is 5.73 Å². The van der Waals surface area contributed by atoms with E-state index in [2.05, 4.69) is 21.8 Å². The van der Waals surface area contributed by atoms with Crippen LogP contribution in [0.15, 0.2) is 6.07 Å². The summed E-state index contributed by atoms with van der Waals surface area (Å²) >= 11 is 0. The van der Waals surface area contributed by atoms with Gasteiger partial charge in [0.15, 0.2) is 0 Å². The Balaban J connectivity index is 2.20. The number of hydrogen-bond acceptors (Lipinski definition) is 4. The highest BCUT2D eigenvalue weighted by atomic mass is 15.3. The SMILES string of the molecule is CCC1CCN(c2nc(C)cc(C)n2)C(CN)C1. The summed E-state index contributed by atoms with van der Waals surface area (Å²) in [6.45, 7) is 8.03. The van der Waals surface area contributed by atoms with E-state index in [1.807, 2.05) is 19.9 Å². The first-order valence-corrected chi connectivity index (χ1v) is 6.93. The number of aromatic nitrogens is 2. The predicted molar refractivity (Wildman–Crippen MR) is 74.7 cm³/mol. The van der Waals surface area contributed by atoms with Crippen LogP contribution in [0.25, 0.3) is 0 Å². The summed E-state index contributed by atoms with van der Waals surface area (Å²) in [5.74, 6) is 1.67. The van der Waals surface area contributed by atoms with E-state index in [9.17, 15) is 0 Å². The zero-order valence-corrected chi connectivity index (χ0v) is 11.7. The molecule has 2 rings (SSSR count). The van der Waals surface area contributed by atoms with E-state index < -0.39 is 0 Å². The van der Waals surface area contributed by atoms with Crippen molar-refractivity contribution in [2.45, 2.75) is 46.1 Å². The lowest BCUT2D eigenvalue weighted by atomic mass is 9.89. The molecule has 1 aliphatic heterocycles. The standard InChI is InChI=1S/C14H24N4/c1-4-12-5-6-18(13(8-12)9-15)14-16-10(2)7-11(3)17-14/h7,12-13H,4-6,8-9,15H2,1-3H3. The molecular weight excluding hydrogens is 224 g/mol. The van der Waals surface area contributed by atoms with Gasteiger partial charge in [-0.05, 0) is 38.7 Å². The van der Waals surface area contributed by atoms with Crippen molar-refractivity contribution in [2.24, 2.45) is 11.7 Å². The highest BCUT2D eigenvalue weighted by Crippen LogP contribution is 2.27. The molecule has 4 nitrogen and oxygen atoms in total. The molecular formula is C14H24N4. The zero-order valence-electron chi connectivity index (χ0n) is 11.7. The van der Waals surface area contributed by atoms with Gasteiger partial charge in [0.2, 0.25) is 5.95 Å². The van der Waals surface area contributed by atoms with Gasteiger partial charge in [-0.15, -0.1) is 0 Å². The minimum Gasteiger partial charge on any atom is -0.337 e. The Bertz CT molecular complexity index is 385. The summed E-state index contributed by atoms with van der Waals surface area (Å²) < 4.78 is 0. The van der Waals surface area contributed by atoms with Crippen LogP contribution in [0.1, 0.15) is 37.6 Å². The Labute approximate surface area is 110 Å². The van der Waals surface area contributed by atoms with Gasteiger partial charge in [-0.1, -0.05) is 13.3 Å². The number of nitrogens with zero attached hydrogens (tertiary/aromatic N) is 3. The number of anilines is 1. The monoisotopic (exact) mass is 248 g/mol. The maximum Gasteiger partial charge on any atom is 0.226 e. The number of nitrogens with two attached hydrogens (primary N) is 1. The van der Waals surface area contributed by atoms with Crippen molar-refractivity contribution in [2.75, 3.05) is 18.0 Å². The number of piperidine rings is 1. The molecule has 0 saturated carbocycles. The lowest BCUT2D eigenvalue weighted by molar-refractivity contribution is 0.332. The van der Waals surface area contributed by atoms with Crippen molar-refractivity contribution in [3.8, 4) is 0 Å². The first-order chi connectivity index (χ1) is 8.63. The Morgan fingerprint density at radius 3 is 2.56 bits per heavy atom.